The number of nitrogens with zero attached hydrogens (tertiary/aromatic N) is 3. The molecule has 2 aromatic carbocycles. The predicted octanol–water partition coefficient (Wildman–Crippen LogP) is 8.54. The summed E-state index contributed by atoms with van der Waals surface area (Å²) in [6.07, 6.45) is 7.34. The number of rotatable bonds is 3. The van der Waals surface area contributed by atoms with Gasteiger partial charge in [0.2, 0.25) is 0 Å². The molecule has 4 aromatic heterocycles. The van der Waals surface area contributed by atoms with Crippen LogP contribution in [-0.4, -0.2) is 23.0 Å². The Hall–Kier alpha value is -3.44. The van der Waals surface area contributed by atoms with Gasteiger partial charge < -0.3 is 14.4 Å². The van der Waals surface area contributed by atoms with E-state index < -0.39 is 8.07 Å². The van der Waals surface area contributed by atoms with E-state index in [9.17, 15) is 0 Å². The summed E-state index contributed by atoms with van der Waals surface area (Å²) in [5.74, 6) is 0. The molecular weight excluding hydrogens is 699 g/mol. The summed E-state index contributed by atoms with van der Waals surface area (Å²) in [5, 5.41) is 3.68. The van der Waals surface area contributed by atoms with Crippen LogP contribution in [0.1, 0.15) is 31.9 Å². The van der Waals surface area contributed by atoms with Crippen molar-refractivity contribution in [1.82, 2.24) is 15.0 Å². The van der Waals surface area contributed by atoms with Crippen LogP contribution in [0.15, 0.2) is 89.9 Å². The number of fused-ring (bicyclic) bond motifs is 3. The molecule has 0 saturated carbocycles. The third kappa shape index (κ3) is 6.73. The van der Waals surface area contributed by atoms with E-state index in [4.69, 9.17) is 4.42 Å². The maximum atomic E-state index is 6.29. The van der Waals surface area contributed by atoms with Crippen LogP contribution < -0.4 is 5.19 Å². The van der Waals surface area contributed by atoms with Crippen LogP contribution in [0.3, 0.4) is 0 Å². The van der Waals surface area contributed by atoms with Crippen molar-refractivity contribution < 1.29 is 24.5 Å². The molecule has 41 heavy (non-hydrogen) atoms. The molecule has 0 aliphatic heterocycles. The Morgan fingerprint density at radius 2 is 1.61 bits per heavy atom. The van der Waals surface area contributed by atoms with Gasteiger partial charge in [-0.3, -0.25) is 4.98 Å². The molecule has 0 aliphatic carbocycles. The summed E-state index contributed by atoms with van der Waals surface area (Å²) in [6.45, 7) is 15.8. The van der Waals surface area contributed by atoms with Gasteiger partial charge in [0.1, 0.15) is 5.58 Å². The van der Waals surface area contributed by atoms with Gasteiger partial charge in [-0.15, -0.1) is 53.2 Å². The average molecular weight is 734 g/mol. The molecule has 4 nitrogen and oxygen atoms in total. The van der Waals surface area contributed by atoms with Gasteiger partial charge >= 0.3 is 0 Å². The summed E-state index contributed by atoms with van der Waals surface area (Å²) >= 11 is 0. The first-order valence-electron chi connectivity index (χ1n) is 13.6. The van der Waals surface area contributed by atoms with Crippen molar-refractivity contribution in [3.63, 3.8) is 0 Å². The normalized spacial score (nSPS) is 11.6. The maximum absolute atomic E-state index is 6.29. The molecule has 0 saturated heterocycles. The summed E-state index contributed by atoms with van der Waals surface area (Å²) in [4.78, 5) is 13.2. The Kier molecular flexibility index (Phi) is 9.08. The fourth-order valence-electron chi connectivity index (χ4n) is 4.73. The molecule has 6 heteroatoms. The molecule has 4 heterocycles. The second-order valence-electron chi connectivity index (χ2n) is 12.2. The molecule has 0 atom stereocenters. The smallest absolute Gasteiger partial charge is 0.139 e. The molecule has 0 spiro atoms. The molecular formula is C35H35IrN3OSi-2. The number of aryl methyl sites for hydroxylation is 1. The topological polar surface area (TPSA) is 51.8 Å². The van der Waals surface area contributed by atoms with Crippen molar-refractivity contribution in [3.8, 4) is 22.5 Å². The van der Waals surface area contributed by atoms with E-state index in [0.29, 0.717) is 0 Å². The largest absolute Gasteiger partial charge is 0.499 e. The minimum absolute atomic E-state index is 0. The summed E-state index contributed by atoms with van der Waals surface area (Å²) in [5.41, 5.74) is 8.09. The van der Waals surface area contributed by atoms with Crippen LogP contribution in [0.5, 0.6) is 0 Å². The van der Waals surface area contributed by atoms with E-state index in [2.05, 4.69) is 98.7 Å². The molecule has 211 valence electrons. The Labute approximate surface area is 257 Å². The van der Waals surface area contributed by atoms with Crippen molar-refractivity contribution in [2.45, 2.75) is 52.8 Å². The number of hydrogen-bond donors (Lipinski definition) is 0. The van der Waals surface area contributed by atoms with Crippen LogP contribution in [0.2, 0.25) is 19.6 Å². The van der Waals surface area contributed by atoms with Crippen LogP contribution >= 0.6 is 0 Å². The van der Waals surface area contributed by atoms with Crippen LogP contribution in [0, 0.1) is 19.1 Å². The zero-order chi connectivity index (χ0) is 28.5. The Bertz CT molecular complexity index is 1780. The quantitative estimate of drug-likeness (QED) is 0.135. The van der Waals surface area contributed by atoms with Crippen LogP contribution in [0.25, 0.3) is 44.5 Å². The first-order valence-corrected chi connectivity index (χ1v) is 17.1. The minimum Gasteiger partial charge on any atom is -0.499 e. The summed E-state index contributed by atoms with van der Waals surface area (Å²) in [6, 6.07) is 27.0. The molecule has 0 aliphatic rings. The van der Waals surface area contributed by atoms with Crippen LogP contribution in [0.4, 0.5) is 0 Å². The fraction of sp³-hybridized carbons (Fsp3) is 0.229. The molecule has 6 aromatic rings. The van der Waals surface area contributed by atoms with Gasteiger partial charge in [-0.25, -0.2) is 0 Å². The van der Waals surface area contributed by atoms with E-state index in [1.807, 2.05) is 55.0 Å². The Morgan fingerprint density at radius 1 is 0.854 bits per heavy atom. The first kappa shape index (κ1) is 30.5. The van der Waals surface area contributed by atoms with E-state index >= 15 is 0 Å². The van der Waals surface area contributed by atoms with Gasteiger partial charge in [-0.05, 0) is 47.5 Å². The third-order valence-electron chi connectivity index (χ3n) is 6.94. The molecule has 6 rings (SSSR count). The van der Waals surface area contributed by atoms with Crippen molar-refractivity contribution in [2.24, 2.45) is 0 Å². The standard InChI is InChI=1S/C23H25N2OSi.C12H10N.Ir/c1-23(2,3)15-9-12-25-18(13-15)16-7-8-20(27(4,5)6)21-17-10-11-24-14-19(17)26-22(16)21;1-10-7-8-13-12(9-10)11-5-3-2-4-6-11;/h8-14H,1-6H3;2-5,7-9H,1H3;/q2*-1;. The fourth-order valence-corrected chi connectivity index (χ4v) is 6.23. The Morgan fingerprint density at radius 3 is 2.29 bits per heavy atom. The van der Waals surface area contributed by atoms with Crippen molar-refractivity contribution in [3.05, 3.63) is 109 Å². The van der Waals surface area contributed by atoms with Crippen molar-refractivity contribution >= 4 is 35.2 Å². The maximum Gasteiger partial charge on any atom is 0.139 e. The monoisotopic (exact) mass is 734 g/mol. The van der Waals surface area contributed by atoms with E-state index in [1.54, 1.807) is 6.20 Å². The molecule has 1 radical (unpaired) electrons. The number of furan rings is 1. The Balaban J connectivity index is 0.000000233. The first-order chi connectivity index (χ1) is 19.0. The minimum atomic E-state index is -1.58. The molecule has 0 bridgehead atoms. The second kappa shape index (κ2) is 12.2. The molecule has 0 N–H and O–H groups in total. The number of pyridine rings is 3. The summed E-state index contributed by atoms with van der Waals surface area (Å²) in [7, 11) is -1.58. The van der Waals surface area contributed by atoms with Crippen molar-refractivity contribution in [1.29, 1.82) is 0 Å². The molecule has 0 fully saturated rings. The zero-order valence-electron chi connectivity index (χ0n) is 24.7. The van der Waals surface area contributed by atoms with Gasteiger partial charge in [0.15, 0.2) is 0 Å². The number of aromatic nitrogens is 3. The number of benzene rings is 2. The van der Waals surface area contributed by atoms with Gasteiger partial charge in [0, 0.05) is 52.2 Å². The van der Waals surface area contributed by atoms with Gasteiger partial charge in [-0.2, -0.15) is 0 Å². The molecule has 0 amide bonds. The number of hydrogen-bond acceptors (Lipinski definition) is 4. The van der Waals surface area contributed by atoms with E-state index in [-0.39, 0.29) is 25.5 Å². The molecule has 0 unspecified atom stereocenters. The average Bonchev–Trinajstić information content (AvgIpc) is 3.32. The third-order valence-corrected chi connectivity index (χ3v) is 8.95. The van der Waals surface area contributed by atoms with Gasteiger partial charge in [0.25, 0.3) is 0 Å². The zero-order valence-corrected chi connectivity index (χ0v) is 28.1. The van der Waals surface area contributed by atoms with Gasteiger partial charge in [-0.1, -0.05) is 69.1 Å². The SMILES string of the molecule is CC(C)(C)c1ccnc(-c2[c-]cc([Si](C)(C)C)c3c2oc2cnccc23)c1.Cc1ccnc(-c2[c-]cccc2)c1.[Ir]. The van der Waals surface area contributed by atoms with Gasteiger partial charge in [0.05, 0.1) is 11.8 Å². The van der Waals surface area contributed by atoms with E-state index in [0.717, 1.165) is 39.1 Å². The van der Waals surface area contributed by atoms with E-state index in [1.165, 1.54) is 21.7 Å². The van der Waals surface area contributed by atoms with Crippen molar-refractivity contribution in [2.75, 3.05) is 0 Å². The van der Waals surface area contributed by atoms with Crippen LogP contribution in [-0.2, 0) is 25.5 Å². The predicted molar refractivity (Wildman–Crippen MR) is 169 cm³/mol. The second-order valence-corrected chi connectivity index (χ2v) is 17.2. The summed E-state index contributed by atoms with van der Waals surface area (Å²) < 4.78 is 6.29.